The third-order valence-electron chi connectivity index (χ3n) is 4.94. The first-order chi connectivity index (χ1) is 12.5. The molecule has 0 fully saturated rings. The van der Waals surface area contributed by atoms with E-state index in [1.165, 1.54) is 16.0 Å². The summed E-state index contributed by atoms with van der Waals surface area (Å²) in [6.45, 7) is 10.5. The average Bonchev–Trinajstić information content (AvgIpc) is 3.19. The minimum Gasteiger partial charge on any atom is -0.380 e. The molecule has 3 heterocycles. The lowest BCUT2D eigenvalue weighted by Crippen LogP contribution is -2.33. The van der Waals surface area contributed by atoms with Crippen molar-refractivity contribution in [2.24, 2.45) is 0 Å². The maximum absolute atomic E-state index is 12.7. The monoisotopic (exact) mass is 377 g/mol. The van der Waals surface area contributed by atoms with Gasteiger partial charge in [-0.2, -0.15) is 0 Å². The van der Waals surface area contributed by atoms with Crippen LogP contribution in [-0.2, 0) is 24.2 Å². The van der Waals surface area contributed by atoms with Gasteiger partial charge in [-0.05, 0) is 32.8 Å². The molecule has 1 aliphatic rings. The average molecular weight is 378 g/mol. The highest BCUT2D eigenvalue weighted by Gasteiger charge is 2.26. The lowest BCUT2D eigenvalue weighted by Gasteiger charge is -2.27. The summed E-state index contributed by atoms with van der Waals surface area (Å²) in [5.41, 5.74) is 4.22. The van der Waals surface area contributed by atoms with Gasteiger partial charge in [0, 0.05) is 55.7 Å². The van der Waals surface area contributed by atoms with Crippen LogP contribution >= 0.6 is 11.3 Å². The van der Waals surface area contributed by atoms with Crippen LogP contribution in [0.1, 0.15) is 44.7 Å². The first kappa shape index (κ1) is 19.1. The molecule has 26 heavy (non-hydrogen) atoms. The van der Waals surface area contributed by atoms with Gasteiger partial charge < -0.3 is 14.2 Å². The predicted molar refractivity (Wildman–Crippen MR) is 102 cm³/mol. The van der Waals surface area contributed by atoms with Crippen molar-refractivity contribution < 1.29 is 14.1 Å². The van der Waals surface area contributed by atoms with Gasteiger partial charge in [0.25, 0.3) is 5.91 Å². The molecule has 0 bridgehead atoms. The van der Waals surface area contributed by atoms with E-state index in [0.717, 1.165) is 43.1 Å². The van der Waals surface area contributed by atoms with Crippen molar-refractivity contribution in [3.05, 3.63) is 38.4 Å². The third kappa shape index (κ3) is 4.00. The molecule has 6 nitrogen and oxygen atoms in total. The smallest absolute Gasteiger partial charge is 0.254 e. The quantitative estimate of drug-likeness (QED) is 0.694. The van der Waals surface area contributed by atoms with Gasteiger partial charge in [-0.15, -0.1) is 11.3 Å². The lowest BCUT2D eigenvalue weighted by molar-refractivity contribution is 0.0708. The van der Waals surface area contributed by atoms with Crippen LogP contribution in [0.25, 0.3) is 0 Å². The van der Waals surface area contributed by atoms with Crippen LogP contribution in [0, 0.1) is 13.8 Å². The molecule has 2 aromatic heterocycles. The fourth-order valence-electron chi connectivity index (χ4n) is 3.30. The molecule has 1 aliphatic heterocycles. The molecular weight excluding hydrogens is 350 g/mol. The number of likely N-dealkylation sites (N-methyl/N-ethyl adjacent to an activating group) is 1. The summed E-state index contributed by atoms with van der Waals surface area (Å²) in [6, 6.07) is 0. The standard InChI is InChI=1S/C19H27N3O3S/c1-5-24-9-8-21(4)19(23)17-12-26-18-11-22(7-6-15(17)18)10-16-13(2)20-25-14(16)3/h12H,5-11H2,1-4H3. The fraction of sp³-hybridized carbons (Fsp3) is 0.579. The Labute approximate surface area is 158 Å². The number of aryl methyl sites for hydroxylation is 2. The Balaban J connectivity index is 1.66. The molecule has 142 valence electrons. The summed E-state index contributed by atoms with van der Waals surface area (Å²) in [6.07, 6.45) is 0.905. The molecule has 0 spiro atoms. The maximum atomic E-state index is 12.7. The number of amides is 1. The highest BCUT2D eigenvalue weighted by atomic mass is 32.1. The van der Waals surface area contributed by atoms with E-state index in [1.54, 1.807) is 16.2 Å². The van der Waals surface area contributed by atoms with Gasteiger partial charge in [0.15, 0.2) is 0 Å². The number of carbonyl (C=O) groups is 1. The fourth-order valence-corrected chi connectivity index (χ4v) is 4.41. The molecule has 0 unspecified atom stereocenters. The molecule has 7 heteroatoms. The van der Waals surface area contributed by atoms with E-state index in [0.29, 0.717) is 19.8 Å². The second-order valence-corrected chi connectivity index (χ2v) is 7.70. The van der Waals surface area contributed by atoms with Crippen molar-refractivity contribution in [1.29, 1.82) is 0 Å². The third-order valence-corrected chi connectivity index (χ3v) is 5.95. The number of aromatic nitrogens is 1. The predicted octanol–water partition coefficient (Wildman–Crippen LogP) is 3.02. The number of ether oxygens (including phenoxy) is 1. The second kappa shape index (κ2) is 8.33. The van der Waals surface area contributed by atoms with E-state index in [4.69, 9.17) is 9.26 Å². The first-order valence-electron chi connectivity index (χ1n) is 9.07. The zero-order chi connectivity index (χ0) is 18.7. The van der Waals surface area contributed by atoms with Gasteiger partial charge in [-0.25, -0.2) is 0 Å². The number of rotatable bonds is 7. The summed E-state index contributed by atoms with van der Waals surface area (Å²) >= 11 is 1.69. The van der Waals surface area contributed by atoms with Gasteiger partial charge >= 0.3 is 0 Å². The Hall–Kier alpha value is -1.70. The second-order valence-electron chi connectivity index (χ2n) is 6.74. The van der Waals surface area contributed by atoms with E-state index in [2.05, 4.69) is 10.1 Å². The number of nitrogens with zero attached hydrogens (tertiary/aromatic N) is 3. The largest absolute Gasteiger partial charge is 0.380 e. The van der Waals surface area contributed by atoms with Crippen LogP contribution in [0.4, 0.5) is 0 Å². The van der Waals surface area contributed by atoms with Crippen LogP contribution in [0.3, 0.4) is 0 Å². The van der Waals surface area contributed by atoms with E-state index < -0.39 is 0 Å². The van der Waals surface area contributed by atoms with Crippen LogP contribution in [0.15, 0.2) is 9.90 Å². The first-order valence-corrected chi connectivity index (χ1v) is 9.95. The highest BCUT2D eigenvalue weighted by Crippen LogP contribution is 2.30. The Morgan fingerprint density at radius 3 is 2.96 bits per heavy atom. The van der Waals surface area contributed by atoms with E-state index >= 15 is 0 Å². The molecule has 0 aliphatic carbocycles. The summed E-state index contributed by atoms with van der Waals surface area (Å²) in [5.74, 6) is 0.993. The van der Waals surface area contributed by atoms with Crippen molar-refractivity contribution in [2.75, 3.05) is 33.4 Å². The molecule has 0 saturated carbocycles. The van der Waals surface area contributed by atoms with Gasteiger partial charge in [0.1, 0.15) is 5.76 Å². The summed E-state index contributed by atoms with van der Waals surface area (Å²) in [5, 5.41) is 6.06. The van der Waals surface area contributed by atoms with Gasteiger partial charge in [-0.1, -0.05) is 5.16 Å². The Morgan fingerprint density at radius 2 is 2.27 bits per heavy atom. The SMILES string of the molecule is CCOCCN(C)C(=O)c1csc2c1CCN(Cc1c(C)noc1C)C2. The van der Waals surface area contributed by atoms with Crippen molar-refractivity contribution in [2.45, 2.75) is 40.3 Å². The highest BCUT2D eigenvalue weighted by molar-refractivity contribution is 7.10. The summed E-state index contributed by atoms with van der Waals surface area (Å²) in [4.78, 5) is 18.2. The van der Waals surface area contributed by atoms with Crippen molar-refractivity contribution in [3.8, 4) is 0 Å². The number of carbonyl (C=O) groups excluding carboxylic acids is 1. The van der Waals surface area contributed by atoms with Crippen LogP contribution < -0.4 is 0 Å². The van der Waals surface area contributed by atoms with Gasteiger partial charge in [-0.3, -0.25) is 9.69 Å². The lowest BCUT2D eigenvalue weighted by atomic mass is 10.0. The molecule has 0 saturated heterocycles. The van der Waals surface area contributed by atoms with Crippen molar-refractivity contribution >= 4 is 17.2 Å². The van der Waals surface area contributed by atoms with E-state index in [1.807, 2.05) is 33.2 Å². The van der Waals surface area contributed by atoms with Crippen molar-refractivity contribution in [1.82, 2.24) is 15.0 Å². The Morgan fingerprint density at radius 1 is 1.46 bits per heavy atom. The summed E-state index contributed by atoms with van der Waals surface area (Å²) in [7, 11) is 1.85. The molecular formula is C19H27N3O3S. The molecule has 1 amide bonds. The molecule has 3 rings (SSSR count). The number of hydrogen-bond acceptors (Lipinski definition) is 6. The Kier molecular flexibility index (Phi) is 6.11. The zero-order valence-corrected chi connectivity index (χ0v) is 16.8. The minimum atomic E-state index is 0.0985. The Bertz CT molecular complexity index is 749. The molecule has 0 radical (unpaired) electrons. The zero-order valence-electron chi connectivity index (χ0n) is 16.0. The topological polar surface area (TPSA) is 58.8 Å². The molecule has 0 atom stereocenters. The minimum absolute atomic E-state index is 0.0985. The van der Waals surface area contributed by atoms with Crippen LogP contribution in [0.5, 0.6) is 0 Å². The normalized spacial score (nSPS) is 14.5. The molecule has 2 aromatic rings. The van der Waals surface area contributed by atoms with Crippen molar-refractivity contribution in [3.63, 3.8) is 0 Å². The van der Waals surface area contributed by atoms with Gasteiger partial charge in [0.2, 0.25) is 0 Å². The molecule has 0 N–H and O–H groups in total. The number of fused-ring (bicyclic) bond motifs is 1. The number of thiophene rings is 1. The van der Waals surface area contributed by atoms with Crippen LogP contribution in [0.2, 0.25) is 0 Å². The number of hydrogen-bond donors (Lipinski definition) is 0. The molecule has 0 aromatic carbocycles. The van der Waals surface area contributed by atoms with E-state index in [-0.39, 0.29) is 5.91 Å². The maximum Gasteiger partial charge on any atom is 0.254 e. The summed E-state index contributed by atoms with van der Waals surface area (Å²) < 4.78 is 10.6. The van der Waals surface area contributed by atoms with Gasteiger partial charge in [0.05, 0.1) is 17.9 Å². The van der Waals surface area contributed by atoms with Crippen LogP contribution in [-0.4, -0.2) is 54.2 Å². The van der Waals surface area contributed by atoms with E-state index in [9.17, 15) is 4.79 Å².